The standard InChI is InChI=1S/C11H13FO/c1-8-4-5-9(10(12)6-8)11(2,3)7-13/h4-7H,1-3H3. The fourth-order valence-electron chi connectivity index (χ4n) is 1.21. The lowest BCUT2D eigenvalue weighted by molar-refractivity contribution is -0.111. The minimum absolute atomic E-state index is 0.308. The van der Waals surface area contributed by atoms with E-state index in [4.69, 9.17) is 0 Å². The first-order valence-corrected chi connectivity index (χ1v) is 4.20. The van der Waals surface area contributed by atoms with E-state index in [1.54, 1.807) is 19.9 Å². The van der Waals surface area contributed by atoms with Crippen LogP contribution in [0.3, 0.4) is 0 Å². The molecule has 0 amide bonds. The molecule has 0 saturated heterocycles. The quantitative estimate of drug-likeness (QED) is 0.639. The Morgan fingerprint density at radius 2 is 2.00 bits per heavy atom. The molecule has 0 N–H and O–H groups in total. The van der Waals surface area contributed by atoms with Crippen LogP contribution in [0.2, 0.25) is 0 Å². The summed E-state index contributed by atoms with van der Waals surface area (Å²) in [7, 11) is 0. The van der Waals surface area contributed by atoms with Gasteiger partial charge in [-0.25, -0.2) is 4.39 Å². The monoisotopic (exact) mass is 180 g/mol. The average Bonchev–Trinajstić information content (AvgIpc) is 2.03. The SMILES string of the molecule is Cc1ccc(C(C)(C)C=O)c(F)c1. The third-order valence-electron chi connectivity index (χ3n) is 2.11. The third kappa shape index (κ3) is 1.94. The van der Waals surface area contributed by atoms with E-state index in [1.807, 2.05) is 13.0 Å². The molecule has 0 fully saturated rings. The zero-order valence-electron chi connectivity index (χ0n) is 8.10. The number of carbonyl (C=O) groups is 1. The highest BCUT2D eigenvalue weighted by atomic mass is 19.1. The lowest BCUT2D eigenvalue weighted by atomic mass is 9.85. The van der Waals surface area contributed by atoms with Gasteiger partial charge in [-0.05, 0) is 32.4 Å². The first kappa shape index (κ1) is 9.90. The number of halogens is 1. The smallest absolute Gasteiger partial charge is 0.130 e. The van der Waals surface area contributed by atoms with Gasteiger partial charge in [0.05, 0.1) is 0 Å². The number of rotatable bonds is 2. The Morgan fingerprint density at radius 3 is 2.46 bits per heavy atom. The van der Waals surface area contributed by atoms with E-state index in [-0.39, 0.29) is 5.82 Å². The van der Waals surface area contributed by atoms with Crippen LogP contribution in [0.15, 0.2) is 18.2 Å². The zero-order valence-corrected chi connectivity index (χ0v) is 8.10. The van der Waals surface area contributed by atoms with E-state index in [1.165, 1.54) is 6.07 Å². The number of aldehydes is 1. The highest BCUT2D eigenvalue weighted by molar-refractivity contribution is 5.67. The molecule has 0 saturated carbocycles. The summed E-state index contributed by atoms with van der Waals surface area (Å²) in [6.07, 6.45) is 0.765. The van der Waals surface area contributed by atoms with Crippen molar-refractivity contribution in [2.75, 3.05) is 0 Å². The molecule has 1 nitrogen and oxygen atoms in total. The second-order valence-electron chi connectivity index (χ2n) is 3.82. The highest BCUT2D eigenvalue weighted by Crippen LogP contribution is 2.23. The Hall–Kier alpha value is -1.18. The van der Waals surface area contributed by atoms with Gasteiger partial charge < -0.3 is 4.79 Å². The molecule has 0 radical (unpaired) electrons. The molecule has 0 unspecified atom stereocenters. The number of benzene rings is 1. The lowest BCUT2D eigenvalue weighted by Crippen LogP contribution is -2.20. The first-order valence-electron chi connectivity index (χ1n) is 4.20. The summed E-state index contributed by atoms with van der Waals surface area (Å²) in [5.74, 6) is -0.308. The Balaban J connectivity index is 3.23. The zero-order chi connectivity index (χ0) is 10.1. The van der Waals surface area contributed by atoms with Crippen LogP contribution < -0.4 is 0 Å². The summed E-state index contributed by atoms with van der Waals surface area (Å²) in [5.41, 5.74) is 0.577. The molecule has 70 valence electrons. The van der Waals surface area contributed by atoms with E-state index in [2.05, 4.69) is 0 Å². The molecule has 0 bridgehead atoms. The van der Waals surface area contributed by atoms with Crippen molar-refractivity contribution in [3.63, 3.8) is 0 Å². The summed E-state index contributed by atoms with van der Waals surface area (Å²) in [5, 5.41) is 0. The van der Waals surface area contributed by atoms with Crippen LogP contribution in [0.1, 0.15) is 25.0 Å². The van der Waals surface area contributed by atoms with Crippen LogP contribution in [0.4, 0.5) is 4.39 Å². The van der Waals surface area contributed by atoms with Crippen LogP contribution >= 0.6 is 0 Å². The minimum atomic E-state index is -0.738. The topological polar surface area (TPSA) is 17.1 Å². The Labute approximate surface area is 77.6 Å². The minimum Gasteiger partial charge on any atom is -0.302 e. The molecule has 1 rings (SSSR count). The van der Waals surface area contributed by atoms with Crippen molar-refractivity contribution in [2.24, 2.45) is 0 Å². The molecule has 13 heavy (non-hydrogen) atoms. The van der Waals surface area contributed by atoms with E-state index < -0.39 is 5.41 Å². The second kappa shape index (κ2) is 3.29. The highest BCUT2D eigenvalue weighted by Gasteiger charge is 2.22. The van der Waals surface area contributed by atoms with Crippen molar-refractivity contribution >= 4 is 6.29 Å². The predicted octanol–water partition coefficient (Wildman–Crippen LogP) is 2.61. The van der Waals surface area contributed by atoms with Crippen LogP contribution in [0.25, 0.3) is 0 Å². The molecular formula is C11H13FO. The van der Waals surface area contributed by atoms with Gasteiger partial charge in [0.15, 0.2) is 0 Å². The maximum Gasteiger partial charge on any atom is 0.130 e. The van der Waals surface area contributed by atoms with E-state index in [0.717, 1.165) is 11.8 Å². The van der Waals surface area contributed by atoms with Crippen molar-refractivity contribution in [1.82, 2.24) is 0 Å². The second-order valence-corrected chi connectivity index (χ2v) is 3.82. The third-order valence-corrected chi connectivity index (χ3v) is 2.11. The van der Waals surface area contributed by atoms with E-state index in [0.29, 0.717) is 5.56 Å². The Morgan fingerprint density at radius 1 is 1.38 bits per heavy atom. The molecule has 0 aliphatic heterocycles. The molecule has 0 aromatic heterocycles. The van der Waals surface area contributed by atoms with Gasteiger partial charge in [0.2, 0.25) is 0 Å². The van der Waals surface area contributed by atoms with Gasteiger partial charge in [-0.3, -0.25) is 0 Å². The molecular weight excluding hydrogens is 167 g/mol. The van der Waals surface area contributed by atoms with Crippen molar-refractivity contribution < 1.29 is 9.18 Å². The van der Waals surface area contributed by atoms with E-state index in [9.17, 15) is 9.18 Å². The number of carbonyl (C=O) groups excluding carboxylic acids is 1. The molecule has 0 spiro atoms. The number of hydrogen-bond acceptors (Lipinski definition) is 1. The van der Waals surface area contributed by atoms with Gasteiger partial charge in [0.25, 0.3) is 0 Å². The molecule has 0 heterocycles. The molecule has 0 aliphatic rings. The van der Waals surface area contributed by atoms with Crippen LogP contribution in [0.5, 0.6) is 0 Å². The summed E-state index contributed by atoms with van der Waals surface area (Å²) in [6.45, 7) is 5.22. The molecule has 0 atom stereocenters. The molecule has 1 aromatic rings. The van der Waals surface area contributed by atoms with Crippen molar-refractivity contribution in [1.29, 1.82) is 0 Å². The van der Waals surface area contributed by atoms with Crippen molar-refractivity contribution in [3.05, 3.63) is 35.1 Å². The Bertz CT molecular complexity index is 329. The van der Waals surface area contributed by atoms with Gasteiger partial charge >= 0.3 is 0 Å². The van der Waals surface area contributed by atoms with Crippen LogP contribution in [-0.4, -0.2) is 6.29 Å². The van der Waals surface area contributed by atoms with E-state index >= 15 is 0 Å². The maximum absolute atomic E-state index is 13.4. The Kier molecular flexibility index (Phi) is 2.50. The fourth-order valence-corrected chi connectivity index (χ4v) is 1.21. The largest absolute Gasteiger partial charge is 0.302 e. The van der Waals surface area contributed by atoms with Gasteiger partial charge in [-0.1, -0.05) is 12.1 Å². The van der Waals surface area contributed by atoms with Crippen LogP contribution in [-0.2, 0) is 10.2 Å². The molecule has 1 aromatic carbocycles. The lowest BCUT2D eigenvalue weighted by Gasteiger charge is -2.18. The van der Waals surface area contributed by atoms with Crippen LogP contribution in [0, 0.1) is 12.7 Å². The fraction of sp³-hybridized carbons (Fsp3) is 0.364. The van der Waals surface area contributed by atoms with Crippen molar-refractivity contribution in [2.45, 2.75) is 26.2 Å². The number of aryl methyl sites for hydroxylation is 1. The first-order chi connectivity index (χ1) is 5.97. The molecule has 0 aliphatic carbocycles. The molecule has 2 heteroatoms. The number of hydrogen-bond donors (Lipinski definition) is 0. The normalized spacial score (nSPS) is 11.4. The van der Waals surface area contributed by atoms with Gasteiger partial charge in [0.1, 0.15) is 12.1 Å². The van der Waals surface area contributed by atoms with Gasteiger partial charge in [-0.15, -0.1) is 0 Å². The summed E-state index contributed by atoms with van der Waals surface area (Å²) >= 11 is 0. The maximum atomic E-state index is 13.4. The summed E-state index contributed by atoms with van der Waals surface area (Å²) in [6, 6.07) is 4.92. The van der Waals surface area contributed by atoms with Gasteiger partial charge in [0, 0.05) is 11.0 Å². The van der Waals surface area contributed by atoms with Gasteiger partial charge in [-0.2, -0.15) is 0 Å². The van der Waals surface area contributed by atoms with Crippen molar-refractivity contribution in [3.8, 4) is 0 Å². The average molecular weight is 180 g/mol. The predicted molar refractivity (Wildman–Crippen MR) is 50.2 cm³/mol. The summed E-state index contributed by atoms with van der Waals surface area (Å²) in [4.78, 5) is 10.7. The summed E-state index contributed by atoms with van der Waals surface area (Å²) < 4.78 is 13.4.